The highest BCUT2D eigenvalue weighted by Crippen LogP contribution is 2.57. The lowest BCUT2D eigenvalue weighted by Crippen LogP contribution is -2.65. The molecular formula is C17H17Br2NO5. The molecule has 25 heavy (non-hydrogen) atoms. The molecule has 2 fully saturated rings. The number of aliphatic hydroxyl groups excluding tert-OH is 1. The molecule has 6 nitrogen and oxygen atoms in total. The highest BCUT2D eigenvalue weighted by molar-refractivity contribution is 9.12. The fourth-order valence-corrected chi connectivity index (χ4v) is 6.69. The number of hydrogen-bond acceptors (Lipinski definition) is 6. The molecule has 1 N–H and O–H groups in total. The summed E-state index contributed by atoms with van der Waals surface area (Å²) in [7, 11) is 2.07. The van der Waals surface area contributed by atoms with Gasteiger partial charge in [0.2, 0.25) is 6.79 Å². The fraction of sp³-hybridized carbons (Fsp3) is 0.588. The Morgan fingerprint density at radius 1 is 1.32 bits per heavy atom. The molecule has 5 rings (SSSR count). The number of hydrogen-bond donors (Lipinski definition) is 1. The molecule has 0 radical (unpaired) electrons. The first kappa shape index (κ1) is 16.4. The van der Waals surface area contributed by atoms with Gasteiger partial charge in [-0.3, -0.25) is 0 Å². The van der Waals surface area contributed by atoms with Crippen LogP contribution in [0.1, 0.15) is 28.3 Å². The summed E-state index contributed by atoms with van der Waals surface area (Å²) in [6.45, 7) is 1.06. The lowest BCUT2D eigenvalue weighted by molar-refractivity contribution is -0.0674. The number of carbonyl (C=O) groups is 1. The van der Waals surface area contributed by atoms with Gasteiger partial charge >= 0.3 is 5.97 Å². The quantitative estimate of drug-likeness (QED) is 0.458. The summed E-state index contributed by atoms with van der Waals surface area (Å²) < 4.78 is 16.3. The SMILES string of the molecule is CN1CC[C@]2(Br)[C@H](Br)[C@H](O)[C@H]3OC(=O)c4cc5c(cc4[C@H]3[C@H]12)OCO5. The van der Waals surface area contributed by atoms with Gasteiger partial charge in [0.05, 0.1) is 14.7 Å². The van der Waals surface area contributed by atoms with E-state index in [0.29, 0.717) is 17.1 Å². The molecule has 1 aliphatic carbocycles. The van der Waals surface area contributed by atoms with Gasteiger partial charge in [0, 0.05) is 12.0 Å². The largest absolute Gasteiger partial charge is 0.455 e. The third-order valence-corrected chi connectivity index (χ3v) is 9.30. The number of rotatable bonds is 0. The van der Waals surface area contributed by atoms with E-state index in [1.165, 1.54) is 0 Å². The van der Waals surface area contributed by atoms with Gasteiger partial charge in [-0.25, -0.2) is 4.79 Å². The zero-order valence-corrected chi connectivity index (χ0v) is 16.6. The van der Waals surface area contributed by atoms with Crippen molar-refractivity contribution in [2.75, 3.05) is 20.4 Å². The predicted molar refractivity (Wildman–Crippen MR) is 95.9 cm³/mol. The smallest absolute Gasteiger partial charge is 0.338 e. The fourth-order valence-electron chi connectivity index (χ4n) is 4.80. The lowest BCUT2D eigenvalue weighted by Gasteiger charge is -2.52. The molecule has 0 aromatic heterocycles. The van der Waals surface area contributed by atoms with Gasteiger partial charge in [-0.15, -0.1) is 0 Å². The number of alkyl halides is 2. The molecule has 1 aromatic rings. The van der Waals surface area contributed by atoms with Crippen LogP contribution in [0.4, 0.5) is 0 Å². The first-order valence-electron chi connectivity index (χ1n) is 8.27. The molecule has 0 unspecified atom stereocenters. The van der Waals surface area contributed by atoms with E-state index in [2.05, 4.69) is 43.8 Å². The van der Waals surface area contributed by atoms with Crippen molar-refractivity contribution in [3.8, 4) is 11.5 Å². The van der Waals surface area contributed by atoms with Crippen molar-refractivity contribution >= 4 is 37.8 Å². The summed E-state index contributed by atoms with van der Waals surface area (Å²) in [4.78, 5) is 14.6. The molecule has 0 amide bonds. The van der Waals surface area contributed by atoms with Gasteiger partial charge in [-0.2, -0.15) is 0 Å². The number of likely N-dealkylation sites (N-methyl/N-ethyl adjacent to an activating group) is 1. The molecular weight excluding hydrogens is 458 g/mol. The number of esters is 1. The van der Waals surface area contributed by atoms with Crippen molar-refractivity contribution in [3.05, 3.63) is 23.3 Å². The molecule has 3 aliphatic heterocycles. The van der Waals surface area contributed by atoms with Crippen molar-refractivity contribution < 1.29 is 24.1 Å². The number of aliphatic hydroxyl groups is 1. The predicted octanol–water partition coefficient (Wildman–Crippen LogP) is 2.01. The van der Waals surface area contributed by atoms with E-state index in [0.717, 1.165) is 18.5 Å². The molecule has 1 saturated carbocycles. The summed E-state index contributed by atoms with van der Waals surface area (Å²) in [5, 5.41) is 10.9. The topological polar surface area (TPSA) is 68.2 Å². The van der Waals surface area contributed by atoms with E-state index >= 15 is 0 Å². The number of nitrogens with zero attached hydrogens (tertiary/aromatic N) is 1. The Morgan fingerprint density at radius 2 is 2.04 bits per heavy atom. The first-order valence-corrected chi connectivity index (χ1v) is 9.98. The summed E-state index contributed by atoms with van der Waals surface area (Å²) in [5.74, 6) is 0.645. The zero-order chi connectivity index (χ0) is 17.5. The van der Waals surface area contributed by atoms with E-state index in [1.807, 2.05) is 6.07 Å². The van der Waals surface area contributed by atoms with Gasteiger partial charge in [0.1, 0.15) is 12.2 Å². The Morgan fingerprint density at radius 3 is 2.80 bits per heavy atom. The minimum Gasteiger partial charge on any atom is -0.455 e. The number of carbonyl (C=O) groups excluding carboxylic acids is 1. The maximum atomic E-state index is 12.6. The molecule has 1 aromatic carbocycles. The Kier molecular flexibility index (Phi) is 3.49. The van der Waals surface area contributed by atoms with Gasteiger partial charge < -0.3 is 24.2 Å². The van der Waals surface area contributed by atoms with Crippen molar-refractivity contribution in [3.63, 3.8) is 0 Å². The van der Waals surface area contributed by atoms with Gasteiger partial charge in [-0.1, -0.05) is 31.9 Å². The van der Waals surface area contributed by atoms with Crippen molar-refractivity contribution in [2.24, 2.45) is 0 Å². The van der Waals surface area contributed by atoms with Crippen molar-refractivity contribution in [1.82, 2.24) is 4.90 Å². The van der Waals surface area contributed by atoms with Crippen LogP contribution in [-0.2, 0) is 4.74 Å². The van der Waals surface area contributed by atoms with Crippen LogP contribution in [0.3, 0.4) is 0 Å². The second-order valence-electron chi connectivity index (χ2n) is 7.18. The maximum Gasteiger partial charge on any atom is 0.338 e. The molecule has 0 bridgehead atoms. The second kappa shape index (κ2) is 5.34. The van der Waals surface area contributed by atoms with Crippen LogP contribution < -0.4 is 9.47 Å². The van der Waals surface area contributed by atoms with Crippen LogP contribution >= 0.6 is 31.9 Å². The lowest BCUT2D eigenvalue weighted by atomic mass is 9.69. The Hall–Kier alpha value is -0.830. The average molecular weight is 475 g/mol. The van der Waals surface area contributed by atoms with E-state index in [4.69, 9.17) is 14.2 Å². The number of ether oxygens (including phenoxy) is 3. The van der Waals surface area contributed by atoms with Crippen LogP contribution in [-0.4, -0.2) is 63.8 Å². The highest BCUT2D eigenvalue weighted by Gasteiger charge is 2.64. The van der Waals surface area contributed by atoms with Crippen LogP contribution in [0.5, 0.6) is 11.5 Å². The van der Waals surface area contributed by atoms with Gasteiger partial charge in [0.25, 0.3) is 0 Å². The highest BCUT2D eigenvalue weighted by atomic mass is 79.9. The molecule has 1 saturated heterocycles. The Labute approximate surface area is 161 Å². The van der Waals surface area contributed by atoms with Crippen LogP contribution in [0.2, 0.25) is 0 Å². The summed E-state index contributed by atoms with van der Waals surface area (Å²) in [5.41, 5.74) is 1.37. The number of benzene rings is 1. The molecule has 8 heteroatoms. The molecule has 0 spiro atoms. The maximum absolute atomic E-state index is 12.6. The number of fused-ring (bicyclic) bond motifs is 6. The van der Waals surface area contributed by atoms with Crippen LogP contribution in [0, 0.1) is 0 Å². The van der Waals surface area contributed by atoms with E-state index in [1.54, 1.807) is 6.07 Å². The number of likely N-dealkylation sites (tertiary alicyclic amines) is 1. The van der Waals surface area contributed by atoms with E-state index in [9.17, 15) is 9.90 Å². The third kappa shape index (κ3) is 2.05. The monoisotopic (exact) mass is 473 g/mol. The number of halogens is 2. The van der Waals surface area contributed by atoms with Crippen molar-refractivity contribution in [2.45, 2.75) is 39.7 Å². The van der Waals surface area contributed by atoms with E-state index < -0.39 is 18.2 Å². The molecule has 6 atom stereocenters. The molecule has 3 heterocycles. The van der Waals surface area contributed by atoms with Gasteiger partial charge in [0.15, 0.2) is 11.5 Å². The average Bonchev–Trinajstić information content (AvgIpc) is 3.17. The summed E-state index contributed by atoms with van der Waals surface area (Å²) in [6, 6.07) is 3.67. The Bertz CT molecular complexity index is 774. The molecule has 134 valence electrons. The van der Waals surface area contributed by atoms with Gasteiger partial charge in [-0.05, 0) is 37.7 Å². The minimum atomic E-state index is -0.797. The second-order valence-corrected chi connectivity index (χ2v) is 9.65. The summed E-state index contributed by atoms with van der Waals surface area (Å²) in [6.07, 6.45) is -0.492. The standard InChI is InChI=1S/C17H17Br2NO5/c1-20-3-2-17(19)14(18)12(21)13-11(15(17)20)7-4-9-10(24-6-23-9)5-8(7)16(22)25-13/h4-5,11-15,21H,2-3,6H2,1H3/t11-,12-,13+,14-,15+,17+/m1/s1. The van der Waals surface area contributed by atoms with Crippen LogP contribution in [0.15, 0.2) is 12.1 Å². The van der Waals surface area contributed by atoms with Crippen molar-refractivity contribution in [1.29, 1.82) is 0 Å². The first-order chi connectivity index (χ1) is 11.9. The Balaban J connectivity index is 1.71. The summed E-state index contributed by atoms with van der Waals surface area (Å²) >= 11 is 7.57. The zero-order valence-electron chi connectivity index (χ0n) is 13.4. The third-order valence-electron chi connectivity index (χ3n) is 5.97. The minimum absolute atomic E-state index is 0.0810. The van der Waals surface area contributed by atoms with Crippen LogP contribution in [0.25, 0.3) is 0 Å². The molecule has 4 aliphatic rings. The normalized spacial score (nSPS) is 41.8. The van der Waals surface area contributed by atoms with E-state index in [-0.39, 0.29) is 27.9 Å².